The van der Waals surface area contributed by atoms with Crippen LogP contribution in [0.5, 0.6) is 0 Å². The Hall–Kier alpha value is -1.67. The Labute approximate surface area is 127 Å². The Balaban J connectivity index is 2.40. The maximum Gasteiger partial charge on any atom is 0.123 e. The van der Waals surface area contributed by atoms with E-state index in [0.29, 0.717) is 0 Å². The van der Waals surface area contributed by atoms with Gasteiger partial charge in [0, 0.05) is 0 Å². The van der Waals surface area contributed by atoms with Crippen molar-refractivity contribution in [2.75, 3.05) is 6.54 Å². The quantitative estimate of drug-likeness (QED) is 0.805. The normalized spacial score (nSPS) is 12.4. The molecule has 1 unspecified atom stereocenters. The van der Waals surface area contributed by atoms with Crippen molar-refractivity contribution < 1.29 is 4.39 Å². The van der Waals surface area contributed by atoms with Crippen molar-refractivity contribution in [2.24, 2.45) is 0 Å². The molecule has 0 saturated carbocycles. The molecule has 112 valence electrons. The molecule has 1 N–H and O–H groups in total. The highest BCUT2D eigenvalue weighted by atomic mass is 19.1. The molecule has 2 aromatic carbocycles. The summed E-state index contributed by atoms with van der Waals surface area (Å²) in [5.41, 5.74) is 4.74. The maximum atomic E-state index is 13.3. The zero-order chi connectivity index (χ0) is 15.2. The van der Waals surface area contributed by atoms with Gasteiger partial charge in [-0.15, -0.1) is 0 Å². The number of halogens is 1. The molecule has 1 nitrogen and oxygen atoms in total. The van der Waals surface area contributed by atoms with Gasteiger partial charge in [-0.3, -0.25) is 0 Å². The third kappa shape index (κ3) is 3.92. The van der Waals surface area contributed by atoms with Gasteiger partial charge in [-0.05, 0) is 54.3 Å². The van der Waals surface area contributed by atoms with Gasteiger partial charge in [-0.2, -0.15) is 0 Å². The van der Waals surface area contributed by atoms with Crippen LogP contribution in [-0.2, 0) is 6.42 Å². The van der Waals surface area contributed by atoms with Crippen molar-refractivity contribution in [3.8, 4) is 0 Å². The van der Waals surface area contributed by atoms with E-state index in [0.717, 1.165) is 30.5 Å². The molecule has 1 atom stereocenters. The third-order valence-electron chi connectivity index (χ3n) is 3.77. The average Bonchev–Trinajstić information content (AvgIpc) is 2.46. The van der Waals surface area contributed by atoms with Crippen LogP contribution < -0.4 is 5.32 Å². The number of benzene rings is 2. The van der Waals surface area contributed by atoms with E-state index in [1.165, 1.54) is 11.1 Å². The number of nitrogens with one attached hydrogen (secondary N) is 1. The van der Waals surface area contributed by atoms with Crippen LogP contribution in [0.3, 0.4) is 0 Å². The summed E-state index contributed by atoms with van der Waals surface area (Å²) in [4.78, 5) is 0. The largest absolute Gasteiger partial charge is 0.307 e. The fraction of sp³-hybridized carbons (Fsp3) is 0.368. The Morgan fingerprint density at radius 2 is 1.90 bits per heavy atom. The molecular formula is C19H24FN. The van der Waals surface area contributed by atoms with E-state index < -0.39 is 0 Å². The molecular weight excluding hydrogens is 261 g/mol. The first-order valence-electron chi connectivity index (χ1n) is 7.74. The Kier molecular flexibility index (Phi) is 5.51. The van der Waals surface area contributed by atoms with Gasteiger partial charge in [0.15, 0.2) is 0 Å². The van der Waals surface area contributed by atoms with E-state index in [4.69, 9.17) is 0 Å². The maximum absolute atomic E-state index is 13.3. The molecule has 0 aromatic heterocycles. The lowest BCUT2D eigenvalue weighted by Crippen LogP contribution is -2.23. The second-order valence-corrected chi connectivity index (χ2v) is 5.49. The van der Waals surface area contributed by atoms with Crippen LogP contribution in [-0.4, -0.2) is 6.54 Å². The molecule has 0 spiro atoms. The fourth-order valence-electron chi connectivity index (χ4n) is 2.79. The second-order valence-electron chi connectivity index (χ2n) is 5.49. The summed E-state index contributed by atoms with van der Waals surface area (Å²) >= 11 is 0. The van der Waals surface area contributed by atoms with Gasteiger partial charge in [0.25, 0.3) is 0 Å². The summed E-state index contributed by atoms with van der Waals surface area (Å²) in [5, 5.41) is 3.52. The minimum Gasteiger partial charge on any atom is -0.307 e. The lowest BCUT2D eigenvalue weighted by Gasteiger charge is -2.21. The lowest BCUT2D eigenvalue weighted by molar-refractivity contribution is 0.609. The van der Waals surface area contributed by atoms with Crippen LogP contribution in [0.25, 0.3) is 0 Å². The first-order valence-corrected chi connectivity index (χ1v) is 7.74. The molecule has 2 rings (SSSR count). The Morgan fingerprint density at radius 1 is 1.10 bits per heavy atom. The standard InChI is InChI=1S/C19H24FN/c1-4-7-15-8-6-9-16(13-15)19(21-5-2)18-11-10-17(20)12-14(18)3/h6,8-13,19,21H,4-5,7H2,1-3H3. The van der Waals surface area contributed by atoms with E-state index in [-0.39, 0.29) is 11.9 Å². The van der Waals surface area contributed by atoms with Crippen molar-refractivity contribution in [3.63, 3.8) is 0 Å². The van der Waals surface area contributed by atoms with Crippen LogP contribution in [0.15, 0.2) is 42.5 Å². The highest BCUT2D eigenvalue weighted by Crippen LogP contribution is 2.26. The van der Waals surface area contributed by atoms with Gasteiger partial charge in [0.1, 0.15) is 5.82 Å². The second kappa shape index (κ2) is 7.37. The lowest BCUT2D eigenvalue weighted by atomic mass is 9.93. The van der Waals surface area contributed by atoms with Gasteiger partial charge < -0.3 is 5.32 Å². The van der Waals surface area contributed by atoms with E-state index in [1.807, 2.05) is 13.0 Å². The van der Waals surface area contributed by atoms with Gasteiger partial charge in [0.2, 0.25) is 0 Å². The molecule has 2 aromatic rings. The molecule has 21 heavy (non-hydrogen) atoms. The number of rotatable bonds is 6. The van der Waals surface area contributed by atoms with E-state index in [2.05, 4.69) is 43.4 Å². The molecule has 0 aliphatic rings. The summed E-state index contributed by atoms with van der Waals surface area (Å²) in [5.74, 6) is -0.175. The van der Waals surface area contributed by atoms with Crippen molar-refractivity contribution in [1.29, 1.82) is 0 Å². The molecule has 0 aliphatic carbocycles. The molecule has 0 bridgehead atoms. The van der Waals surface area contributed by atoms with Crippen molar-refractivity contribution in [1.82, 2.24) is 5.32 Å². The third-order valence-corrected chi connectivity index (χ3v) is 3.77. The highest BCUT2D eigenvalue weighted by molar-refractivity contribution is 5.38. The highest BCUT2D eigenvalue weighted by Gasteiger charge is 2.15. The van der Waals surface area contributed by atoms with Crippen LogP contribution in [0.2, 0.25) is 0 Å². The van der Waals surface area contributed by atoms with E-state index >= 15 is 0 Å². The molecule has 0 saturated heterocycles. The zero-order valence-electron chi connectivity index (χ0n) is 13.1. The first kappa shape index (κ1) is 15.7. The van der Waals surface area contributed by atoms with E-state index in [9.17, 15) is 4.39 Å². The van der Waals surface area contributed by atoms with Crippen LogP contribution in [0.1, 0.15) is 48.6 Å². The van der Waals surface area contributed by atoms with E-state index in [1.54, 1.807) is 12.1 Å². The predicted molar refractivity (Wildman–Crippen MR) is 87.1 cm³/mol. The topological polar surface area (TPSA) is 12.0 Å². The molecule has 2 heteroatoms. The van der Waals surface area contributed by atoms with Crippen molar-refractivity contribution >= 4 is 0 Å². The van der Waals surface area contributed by atoms with Gasteiger partial charge in [-0.1, -0.05) is 50.6 Å². The number of aryl methyl sites for hydroxylation is 2. The molecule has 0 fully saturated rings. The monoisotopic (exact) mass is 285 g/mol. The summed E-state index contributed by atoms with van der Waals surface area (Å²) in [6.45, 7) is 7.14. The van der Waals surface area contributed by atoms with Crippen LogP contribution in [0.4, 0.5) is 4.39 Å². The van der Waals surface area contributed by atoms with Crippen molar-refractivity contribution in [2.45, 2.75) is 39.7 Å². The van der Waals surface area contributed by atoms with Crippen LogP contribution in [0, 0.1) is 12.7 Å². The molecule has 0 aliphatic heterocycles. The minimum atomic E-state index is -0.175. The smallest absolute Gasteiger partial charge is 0.123 e. The number of hydrogen-bond acceptors (Lipinski definition) is 1. The average molecular weight is 285 g/mol. The summed E-state index contributed by atoms with van der Waals surface area (Å²) in [6, 6.07) is 13.9. The molecule has 0 heterocycles. The van der Waals surface area contributed by atoms with Gasteiger partial charge in [0.05, 0.1) is 6.04 Å². The first-order chi connectivity index (χ1) is 10.2. The summed E-state index contributed by atoms with van der Waals surface area (Å²) in [6.07, 6.45) is 2.24. The molecule has 0 amide bonds. The zero-order valence-corrected chi connectivity index (χ0v) is 13.1. The van der Waals surface area contributed by atoms with Gasteiger partial charge in [-0.25, -0.2) is 4.39 Å². The Bertz CT molecular complexity index is 592. The van der Waals surface area contributed by atoms with Gasteiger partial charge >= 0.3 is 0 Å². The summed E-state index contributed by atoms with van der Waals surface area (Å²) < 4.78 is 13.3. The fourth-order valence-corrected chi connectivity index (χ4v) is 2.79. The summed E-state index contributed by atoms with van der Waals surface area (Å²) in [7, 11) is 0. The predicted octanol–water partition coefficient (Wildman–Crippen LogP) is 4.79. The Morgan fingerprint density at radius 3 is 2.57 bits per heavy atom. The van der Waals surface area contributed by atoms with Crippen molar-refractivity contribution in [3.05, 3.63) is 70.5 Å². The SMILES string of the molecule is CCCc1cccc(C(NCC)c2ccc(F)cc2C)c1. The molecule has 0 radical (unpaired) electrons. The minimum absolute atomic E-state index is 0.118. The number of hydrogen-bond donors (Lipinski definition) is 1. The van der Waals surface area contributed by atoms with Crippen LogP contribution >= 0.6 is 0 Å².